The first-order valence-corrected chi connectivity index (χ1v) is 6.14. The van der Waals surface area contributed by atoms with Crippen LogP contribution < -0.4 is 5.32 Å². The van der Waals surface area contributed by atoms with E-state index in [1.54, 1.807) is 18.2 Å². The monoisotopic (exact) mass is 321 g/mol. The highest BCUT2D eigenvalue weighted by Crippen LogP contribution is 2.27. The van der Waals surface area contributed by atoms with Gasteiger partial charge in [0, 0.05) is 17.9 Å². The van der Waals surface area contributed by atoms with Crippen LogP contribution >= 0.6 is 27.5 Å². The first kappa shape index (κ1) is 14.4. The molecule has 3 N–H and O–H groups in total. The number of rotatable bonds is 4. The van der Waals surface area contributed by atoms with Gasteiger partial charge in [0.15, 0.2) is 0 Å². The van der Waals surface area contributed by atoms with Crippen molar-refractivity contribution in [3.63, 3.8) is 0 Å². The molecule has 0 radical (unpaired) electrons. The number of aliphatic hydroxyl groups excluding tert-OH is 2. The molecule has 0 heterocycles. The summed E-state index contributed by atoms with van der Waals surface area (Å²) in [5, 5.41) is 22.4. The van der Waals surface area contributed by atoms with Gasteiger partial charge in [0.1, 0.15) is 12.2 Å². The van der Waals surface area contributed by atoms with Gasteiger partial charge in [-0.15, -0.1) is 0 Å². The van der Waals surface area contributed by atoms with Gasteiger partial charge in [0.25, 0.3) is 0 Å². The summed E-state index contributed by atoms with van der Waals surface area (Å²) in [6, 6.07) is 4.90. The lowest BCUT2D eigenvalue weighted by Gasteiger charge is -2.18. The van der Waals surface area contributed by atoms with Gasteiger partial charge >= 0.3 is 0 Å². The molecule has 1 aromatic carbocycles. The van der Waals surface area contributed by atoms with E-state index in [0.29, 0.717) is 15.1 Å². The summed E-state index contributed by atoms with van der Waals surface area (Å²) >= 11 is 9.11. The van der Waals surface area contributed by atoms with E-state index in [-0.39, 0.29) is 12.5 Å². The lowest BCUT2D eigenvalue weighted by molar-refractivity contribution is -0.119. The number of carbonyl (C=O) groups is 1. The van der Waals surface area contributed by atoms with Gasteiger partial charge in [-0.25, -0.2) is 0 Å². The summed E-state index contributed by atoms with van der Waals surface area (Å²) in [7, 11) is 0. The van der Waals surface area contributed by atoms with Crippen LogP contribution in [0.15, 0.2) is 22.7 Å². The van der Waals surface area contributed by atoms with E-state index in [2.05, 4.69) is 21.2 Å². The van der Waals surface area contributed by atoms with E-state index >= 15 is 0 Å². The normalized spacial score (nSPS) is 14.2. The average molecular weight is 323 g/mol. The SMILES string of the molecule is CC(=O)NCC(O)C(O)c1ccc(Br)c(Cl)c1. The van der Waals surface area contributed by atoms with Crippen LogP contribution in [0.2, 0.25) is 5.02 Å². The van der Waals surface area contributed by atoms with Gasteiger partial charge in [0.05, 0.1) is 5.02 Å². The van der Waals surface area contributed by atoms with E-state index in [4.69, 9.17) is 11.6 Å². The van der Waals surface area contributed by atoms with Gasteiger partial charge in [-0.05, 0) is 33.6 Å². The molecule has 0 saturated heterocycles. The number of benzene rings is 1. The second kappa shape index (κ2) is 6.35. The Kier molecular flexibility index (Phi) is 5.39. The lowest BCUT2D eigenvalue weighted by Crippen LogP contribution is -2.34. The second-order valence-corrected chi connectivity index (χ2v) is 4.88. The van der Waals surface area contributed by atoms with Gasteiger partial charge in [-0.3, -0.25) is 4.79 Å². The quantitative estimate of drug-likeness (QED) is 0.789. The molecule has 1 amide bonds. The van der Waals surface area contributed by atoms with Crippen molar-refractivity contribution >= 4 is 33.4 Å². The Morgan fingerprint density at radius 3 is 2.71 bits per heavy atom. The first-order chi connectivity index (χ1) is 7.91. The predicted octanol–water partition coefficient (Wildman–Crippen LogP) is 1.63. The number of hydrogen-bond donors (Lipinski definition) is 3. The van der Waals surface area contributed by atoms with Gasteiger partial charge in [-0.1, -0.05) is 17.7 Å². The first-order valence-electron chi connectivity index (χ1n) is 4.97. The molecule has 0 aliphatic heterocycles. The fraction of sp³-hybridized carbons (Fsp3) is 0.364. The molecule has 1 rings (SSSR count). The zero-order valence-electron chi connectivity index (χ0n) is 9.15. The highest BCUT2D eigenvalue weighted by Gasteiger charge is 2.19. The molecule has 2 unspecified atom stereocenters. The molecule has 2 atom stereocenters. The lowest BCUT2D eigenvalue weighted by atomic mass is 10.0. The number of carbonyl (C=O) groups excluding carboxylic acids is 1. The minimum absolute atomic E-state index is 0.00974. The number of amides is 1. The molecule has 6 heteroatoms. The summed E-state index contributed by atoms with van der Waals surface area (Å²) in [5.74, 6) is -0.259. The zero-order chi connectivity index (χ0) is 13.0. The highest BCUT2D eigenvalue weighted by molar-refractivity contribution is 9.10. The number of hydrogen-bond acceptors (Lipinski definition) is 3. The molecule has 0 bridgehead atoms. The maximum atomic E-state index is 10.7. The topological polar surface area (TPSA) is 69.6 Å². The molecule has 0 aromatic heterocycles. The number of aliphatic hydroxyl groups is 2. The molecule has 0 fully saturated rings. The van der Waals surface area contributed by atoms with Gasteiger partial charge in [0.2, 0.25) is 5.91 Å². The summed E-state index contributed by atoms with van der Waals surface area (Å²) < 4.78 is 0.714. The van der Waals surface area contributed by atoms with Crippen LogP contribution in [-0.4, -0.2) is 28.8 Å². The van der Waals surface area contributed by atoms with Crippen LogP contribution in [0.3, 0.4) is 0 Å². The van der Waals surface area contributed by atoms with Crippen LogP contribution in [0.5, 0.6) is 0 Å². The van der Waals surface area contributed by atoms with Crippen molar-refractivity contribution in [2.45, 2.75) is 19.1 Å². The van der Waals surface area contributed by atoms with Crippen LogP contribution in [0, 0.1) is 0 Å². The molecular formula is C11H13BrClNO3. The van der Waals surface area contributed by atoms with E-state index in [1.165, 1.54) is 6.92 Å². The fourth-order valence-electron chi connectivity index (χ4n) is 1.28. The zero-order valence-corrected chi connectivity index (χ0v) is 11.5. The molecular weight excluding hydrogens is 309 g/mol. The Hall–Kier alpha value is -0.620. The Balaban J connectivity index is 2.70. The van der Waals surface area contributed by atoms with E-state index in [1.807, 2.05) is 0 Å². The largest absolute Gasteiger partial charge is 0.388 e. The Bertz CT molecular complexity index is 414. The summed E-state index contributed by atoms with van der Waals surface area (Å²) in [6.45, 7) is 1.33. The van der Waals surface area contributed by atoms with Gasteiger partial charge < -0.3 is 15.5 Å². The van der Waals surface area contributed by atoms with Crippen molar-refractivity contribution in [3.8, 4) is 0 Å². The molecule has 94 valence electrons. The van der Waals surface area contributed by atoms with Crippen LogP contribution in [-0.2, 0) is 4.79 Å². The van der Waals surface area contributed by atoms with E-state index in [0.717, 1.165) is 0 Å². The minimum atomic E-state index is -1.09. The molecule has 0 spiro atoms. The van der Waals surface area contributed by atoms with Crippen molar-refractivity contribution in [1.82, 2.24) is 5.32 Å². The third-order valence-electron chi connectivity index (χ3n) is 2.21. The Morgan fingerprint density at radius 2 is 2.18 bits per heavy atom. The predicted molar refractivity (Wildman–Crippen MR) is 68.8 cm³/mol. The van der Waals surface area contributed by atoms with Crippen molar-refractivity contribution in [1.29, 1.82) is 0 Å². The second-order valence-electron chi connectivity index (χ2n) is 3.62. The molecule has 0 aliphatic carbocycles. The third-order valence-corrected chi connectivity index (χ3v) is 3.44. The molecule has 4 nitrogen and oxygen atoms in total. The Morgan fingerprint density at radius 1 is 1.53 bits per heavy atom. The maximum Gasteiger partial charge on any atom is 0.216 e. The molecule has 0 saturated carbocycles. The smallest absolute Gasteiger partial charge is 0.216 e. The summed E-state index contributed by atoms with van der Waals surface area (Å²) in [5.41, 5.74) is 0.496. The number of nitrogens with one attached hydrogen (secondary N) is 1. The highest BCUT2D eigenvalue weighted by atomic mass is 79.9. The molecule has 17 heavy (non-hydrogen) atoms. The van der Waals surface area contributed by atoms with Crippen molar-refractivity contribution in [2.75, 3.05) is 6.54 Å². The van der Waals surface area contributed by atoms with Gasteiger partial charge in [-0.2, -0.15) is 0 Å². The van der Waals surface area contributed by atoms with Crippen LogP contribution in [0.4, 0.5) is 0 Å². The molecule has 0 aliphatic rings. The fourth-order valence-corrected chi connectivity index (χ4v) is 1.71. The summed E-state index contributed by atoms with van der Waals surface area (Å²) in [6.07, 6.45) is -2.16. The summed E-state index contributed by atoms with van der Waals surface area (Å²) in [4.78, 5) is 10.7. The van der Waals surface area contributed by atoms with Crippen molar-refractivity contribution in [2.24, 2.45) is 0 Å². The molecule has 1 aromatic rings. The van der Waals surface area contributed by atoms with E-state index in [9.17, 15) is 15.0 Å². The number of halogens is 2. The third kappa shape index (κ3) is 4.27. The van der Waals surface area contributed by atoms with Crippen LogP contribution in [0.1, 0.15) is 18.6 Å². The minimum Gasteiger partial charge on any atom is -0.388 e. The van der Waals surface area contributed by atoms with Crippen LogP contribution in [0.25, 0.3) is 0 Å². The van der Waals surface area contributed by atoms with E-state index < -0.39 is 12.2 Å². The van der Waals surface area contributed by atoms with Crippen molar-refractivity contribution < 1.29 is 15.0 Å². The Labute approximate surface area is 113 Å². The van der Waals surface area contributed by atoms with Crippen molar-refractivity contribution in [3.05, 3.63) is 33.3 Å². The maximum absolute atomic E-state index is 10.7. The average Bonchev–Trinajstić information content (AvgIpc) is 2.28. The standard InChI is InChI=1S/C11H13BrClNO3/c1-6(15)14-5-10(16)11(17)7-2-3-8(12)9(13)4-7/h2-4,10-11,16-17H,5H2,1H3,(H,14,15).